The lowest BCUT2D eigenvalue weighted by atomic mass is 9.86. The Hall–Kier alpha value is -1.24. The summed E-state index contributed by atoms with van der Waals surface area (Å²) in [6, 6.07) is 7.18. The highest BCUT2D eigenvalue weighted by Crippen LogP contribution is 2.35. The molecular weight excluding hydrogens is 370 g/mol. The summed E-state index contributed by atoms with van der Waals surface area (Å²) in [5.74, 6) is 0.660. The molecule has 0 aliphatic carbocycles. The molecule has 0 spiro atoms. The van der Waals surface area contributed by atoms with Crippen LogP contribution in [-0.2, 0) is 9.16 Å². The Kier molecular flexibility index (Phi) is 6.63. The lowest BCUT2D eigenvalue weighted by molar-refractivity contribution is -0.0663. The Balaban J connectivity index is 2.05. The van der Waals surface area contributed by atoms with E-state index in [-0.39, 0.29) is 24.2 Å². The number of halogens is 1. The Morgan fingerprint density at radius 1 is 1.31 bits per heavy atom. The molecule has 1 heterocycles. The second-order valence-corrected chi connectivity index (χ2v) is 10.8. The quantitative estimate of drug-likeness (QED) is 0.609. The van der Waals surface area contributed by atoms with Gasteiger partial charge in [0.05, 0.1) is 6.54 Å². The Morgan fingerprint density at radius 2 is 2.00 bits per heavy atom. The van der Waals surface area contributed by atoms with Crippen molar-refractivity contribution in [3.63, 3.8) is 0 Å². The molecule has 2 atom stereocenters. The van der Waals surface area contributed by atoms with Crippen LogP contribution < -0.4 is 4.74 Å². The molecule has 5 nitrogen and oxygen atoms in total. The first-order valence-corrected chi connectivity index (χ1v) is 11.6. The van der Waals surface area contributed by atoms with Gasteiger partial charge in [0, 0.05) is 5.02 Å². The fraction of sp³-hybridized carbons (Fsp3) is 0.632. The summed E-state index contributed by atoms with van der Waals surface area (Å²) in [5, 5.41) is 0.610. The van der Waals surface area contributed by atoms with Crippen molar-refractivity contribution in [2.45, 2.75) is 59.0 Å². The number of carbonyl (C=O) groups is 1. The van der Waals surface area contributed by atoms with Crippen molar-refractivity contribution >= 4 is 26.7 Å². The highest BCUT2D eigenvalue weighted by molar-refractivity contribution is 6.48. The number of hydrogen-bond donors (Lipinski definition) is 0. The fourth-order valence-electron chi connectivity index (χ4n) is 3.35. The normalized spacial score (nSPS) is 20.2. The molecule has 0 bridgehead atoms. The molecule has 1 amide bonds. The van der Waals surface area contributed by atoms with E-state index in [4.69, 9.17) is 25.5 Å². The number of rotatable bonds is 7. The van der Waals surface area contributed by atoms with Gasteiger partial charge in [-0.05, 0) is 50.1 Å². The largest absolute Gasteiger partial charge is 0.490 e. The second kappa shape index (κ2) is 8.19. The van der Waals surface area contributed by atoms with Crippen LogP contribution in [0.25, 0.3) is 0 Å². The van der Waals surface area contributed by atoms with Crippen LogP contribution in [0.4, 0.5) is 4.79 Å². The molecule has 1 fully saturated rings. The second-order valence-electron chi connectivity index (χ2n) is 8.31. The minimum absolute atomic E-state index is 0.0156. The summed E-state index contributed by atoms with van der Waals surface area (Å²) in [7, 11) is -0.995. The van der Waals surface area contributed by atoms with E-state index in [9.17, 15) is 4.79 Å². The summed E-state index contributed by atoms with van der Waals surface area (Å²) in [6.45, 7) is 13.3. The van der Waals surface area contributed by atoms with Crippen LogP contribution in [0, 0.1) is 5.41 Å². The molecule has 1 aromatic rings. The Morgan fingerprint density at radius 3 is 2.58 bits per heavy atom. The summed E-state index contributed by atoms with van der Waals surface area (Å²) >= 11 is 5.97. The molecule has 1 radical (unpaired) electrons. The van der Waals surface area contributed by atoms with Gasteiger partial charge in [-0.25, -0.2) is 4.79 Å². The molecule has 0 unspecified atom stereocenters. The van der Waals surface area contributed by atoms with Crippen molar-refractivity contribution in [1.82, 2.24) is 4.90 Å². The van der Waals surface area contributed by atoms with Crippen LogP contribution >= 0.6 is 11.6 Å². The zero-order valence-electron chi connectivity index (χ0n) is 16.5. The van der Waals surface area contributed by atoms with Crippen molar-refractivity contribution in [1.29, 1.82) is 0 Å². The summed E-state index contributed by atoms with van der Waals surface area (Å²) in [4.78, 5) is 14.2. The molecule has 1 aromatic carbocycles. The van der Waals surface area contributed by atoms with Gasteiger partial charge in [0.25, 0.3) is 0 Å². The first-order chi connectivity index (χ1) is 12.0. The first-order valence-electron chi connectivity index (χ1n) is 8.84. The molecule has 0 N–H and O–H groups in total. The highest BCUT2D eigenvalue weighted by Gasteiger charge is 2.46. The van der Waals surface area contributed by atoms with Gasteiger partial charge < -0.3 is 13.9 Å². The number of carbonyl (C=O) groups excluding carboxylic acids is 1. The van der Waals surface area contributed by atoms with E-state index < -0.39 is 14.8 Å². The third-order valence-electron chi connectivity index (χ3n) is 3.96. The van der Waals surface area contributed by atoms with Gasteiger partial charge in [-0.1, -0.05) is 38.4 Å². The summed E-state index contributed by atoms with van der Waals surface area (Å²) < 4.78 is 17.5. The minimum atomic E-state index is -0.995. The average molecular weight is 399 g/mol. The lowest BCUT2D eigenvalue weighted by Crippen LogP contribution is -2.53. The molecule has 2 rings (SSSR count). The monoisotopic (exact) mass is 398 g/mol. The smallest absolute Gasteiger partial charge is 0.412 e. The maximum absolute atomic E-state index is 12.5. The molecule has 1 aliphatic rings. The van der Waals surface area contributed by atoms with Gasteiger partial charge in [0.15, 0.2) is 6.10 Å². The van der Waals surface area contributed by atoms with Crippen molar-refractivity contribution in [2.75, 3.05) is 13.2 Å². The Labute approximate surface area is 163 Å². The lowest BCUT2D eigenvalue weighted by Gasteiger charge is -2.42. The van der Waals surface area contributed by atoms with E-state index in [1.165, 1.54) is 0 Å². The van der Waals surface area contributed by atoms with Gasteiger partial charge in [0.2, 0.25) is 9.04 Å². The van der Waals surface area contributed by atoms with Crippen molar-refractivity contribution in [3.8, 4) is 5.75 Å². The number of nitrogens with zero attached hydrogens (tertiary/aromatic N) is 1. The molecule has 7 heteroatoms. The fourth-order valence-corrected chi connectivity index (χ4v) is 4.59. The number of ether oxygens (including phenoxy) is 2. The third kappa shape index (κ3) is 5.89. The van der Waals surface area contributed by atoms with E-state index >= 15 is 0 Å². The van der Waals surface area contributed by atoms with E-state index in [1.54, 1.807) is 17.0 Å². The zero-order valence-corrected chi connectivity index (χ0v) is 18.2. The van der Waals surface area contributed by atoms with E-state index in [0.29, 0.717) is 17.3 Å². The molecule has 0 aromatic heterocycles. The molecule has 0 saturated carbocycles. The molecule has 1 saturated heterocycles. The third-order valence-corrected chi connectivity index (χ3v) is 5.04. The summed E-state index contributed by atoms with van der Waals surface area (Å²) in [6.07, 6.45) is 0.0424. The highest BCUT2D eigenvalue weighted by atomic mass is 35.5. The Bertz CT molecular complexity index is 634. The SMILES string of the molecule is C[Si](C)O[C@](C)(CC(C)(C)C)N1C[C@@H](COc2cccc(Cl)c2)OC1=O. The predicted octanol–water partition coefficient (Wildman–Crippen LogP) is 4.96. The molecule has 145 valence electrons. The van der Waals surface area contributed by atoms with Crippen molar-refractivity contribution < 1.29 is 18.7 Å². The average Bonchev–Trinajstić information content (AvgIpc) is 2.84. The van der Waals surface area contributed by atoms with Crippen LogP contribution in [0.3, 0.4) is 0 Å². The van der Waals surface area contributed by atoms with Crippen LogP contribution in [0.2, 0.25) is 18.1 Å². The molecule has 1 aliphatic heterocycles. The number of benzene rings is 1. The van der Waals surface area contributed by atoms with E-state index in [2.05, 4.69) is 33.9 Å². The van der Waals surface area contributed by atoms with Crippen molar-refractivity contribution in [2.24, 2.45) is 5.41 Å². The van der Waals surface area contributed by atoms with Gasteiger partial charge in [-0.15, -0.1) is 0 Å². The van der Waals surface area contributed by atoms with Gasteiger partial charge in [-0.3, -0.25) is 4.90 Å². The maximum Gasteiger partial charge on any atom is 0.412 e. The van der Waals surface area contributed by atoms with E-state index in [1.807, 2.05) is 19.1 Å². The number of hydrogen-bond acceptors (Lipinski definition) is 4. The first kappa shape index (κ1) is 21.1. The predicted molar refractivity (Wildman–Crippen MR) is 105 cm³/mol. The minimum Gasteiger partial charge on any atom is -0.490 e. The number of cyclic esters (lactones) is 1. The van der Waals surface area contributed by atoms with Gasteiger partial charge in [-0.2, -0.15) is 0 Å². The van der Waals surface area contributed by atoms with E-state index in [0.717, 1.165) is 6.42 Å². The van der Waals surface area contributed by atoms with Crippen LogP contribution in [0.5, 0.6) is 5.75 Å². The molecule has 26 heavy (non-hydrogen) atoms. The number of amides is 1. The van der Waals surface area contributed by atoms with Gasteiger partial charge in [0.1, 0.15) is 18.1 Å². The van der Waals surface area contributed by atoms with Crippen molar-refractivity contribution in [3.05, 3.63) is 29.3 Å². The van der Waals surface area contributed by atoms with Crippen LogP contribution in [0.1, 0.15) is 34.1 Å². The van der Waals surface area contributed by atoms with Crippen LogP contribution in [-0.4, -0.2) is 45.0 Å². The standard InChI is InChI=1S/C19H29ClNO4Si/c1-18(2,3)13-19(4,25-26(5)6)21-11-16(24-17(21)22)12-23-15-9-7-8-14(20)10-15/h7-10,16H,11-13H2,1-6H3/t16-,19+/m0/s1. The zero-order chi connectivity index (χ0) is 19.5. The molecular formula is C19H29ClNO4Si. The van der Waals surface area contributed by atoms with Gasteiger partial charge >= 0.3 is 6.09 Å². The van der Waals surface area contributed by atoms with Crippen LogP contribution in [0.15, 0.2) is 24.3 Å². The maximum atomic E-state index is 12.5. The topological polar surface area (TPSA) is 48.0 Å². The summed E-state index contributed by atoms with van der Waals surface area (Å²) in [5.41, 5.74) is -0.667.